The Bertz CT molecular complexity index is 369. The van der Waals surface area contributed by atoms with Crippen molar-refractivity contribution in [3.8, 4) is 0 Å². The van der Waals surface area contributed by atoms with Crippen LogP contribution in [0.25, 0.3) is 0 Å². The topological polar surface area (TPSA) is 26.3 Å². The van der Waals surface area contributed by atoms with Crippen LogP contribution >= 0.6 is 11.6 Å². The summed E-state index contributed by atoms with van der Waals surface area (Å²) in [4.78, 5) is 11.5. The molecular weight excluding hydrogens is 200 g/mol. The standard InChI is InChI=1S/C11H11ClO2/c1-8(13)11(6-14-7-11)9-3-2-4-10(12)5-9/h2-5H,6-7H2,1H3. The Morgan fingerprint density at radius 2 is 2.21 bits per heavy atom. The Balaban J connectivity index is 2.42. The Morgan fingerprint density at radius 3 is 2.64 bits per heavy atom. The number of Topliss-reactive ketones (excluding diaryl/α,β-unsaturated/α-hetero) is 1. The minimum Gasteiger partial charge on any atom is -0.378 e. The fourth-order valence-electron chi connectivity index (χ4n) is 1.67. The van der Waals surface area contributed by atoms with Crippen LogP contribution in [0.5, 0.6) is 0 Å². The van der Waals surface area contributed by atoms with Crippen molar-refractivity contribution in [2.45, 2.75) is 12.3 Å². The van der Waals surface area contributed by atoms with E-state index in [0.29, 0.717) is 18.2 Å². The molecule has 1 fully saturated rings. The molecular formula is C11H11ClO2. The normalized spacial score (nSPS) is 18.7. The number of halogens is 1. The van der Waals surface area contributed by atoms with Gasteiger partial charge in [0, 0.05) is 5.02 Å². The lowest BCUT2D eigenvalue weighted by molar-refractivity contribution is -0.140. The molecule has 74 valence electrons. The van der Waals surface area contributed by atoms with Crippen LogP contribution in [0.3, 0.4) is 0 Å². The molecule has 1 saturated heterocycles. The van der Waals surface area contributed by atoms with Crippen molar-refractivity contribution in [1.29, 1.82) is 0 Å². The van der Waals surface area contributed by atoms with Crippen molar-refractivity contribution in [3.05, 3.63) is 34.9 Å². The molecule has 0 N–H and O–H groups in total. The Hall–Kier alpha value is -0.860. The zero-order chi connectivity index (χ0) is 10.2. The van der Waals surface area contributed by atoms with Gasteiger partial charge in [-0.05, 0) is 24.6 Å². The molecule has 0 radical (unpaired) electrons. The average molecular weight is 211 g/mol. The molecule has 0 aliphatic carbocycles. The number of carbonyl (C=O) groups is 1. The summed E-state index contributed by atoms with van der Waals surface area (Å²) in [6.45, 7) is 2.55. The van der Waals surface area contributed by atoms with E-state index in [4.69, 9.17) is 16.3 Å². The summed E-state index contributed by atoms with van der Waals surface area (Å²) < 4.78 is 5.13. The number of hydrogen-bond donors (Lipinski definition) is 0. The second-order valence-corrected chi connectivity index (χ2v) is 4.08. The first-order valence-corrected chi connectivity index (χ1v) is 4.88. The van der Waals surface area contributed by atoms with Crippen molar-refractivity contribution in [3.63, 3.8) is 0 Å². The van der Waals surface area contributed by atoms with Crippen molar-refractivity contribution < 1.29 is 9.53 Å². The monoisotopic (exact) mass is 210 g/mol. The molecule has 0 aromatic heterocycles. The zero-order valence-corrected chi connectivity index (χ0v) is 8.67. The predicted molar refractivity (Wildman–Crippen MR) is 54.6 cm³/mol. The summed E-state index contributed by atoms with van der Waals surface area (Å²) in [5.74, 6) is 0.144. The molecule has 14 heavy (non-hydrogen) atoms. The highest BCUT2D eigenvalue weighted by molar-refractivity contribution is 6.30. The number of hydrogen-bond acceptors (Lipinski definition) is 2. The van der Waals surface area contributed by atoms with Gasteiger partial charge in [-0.15, -0.1) is 0 Å². The summed E-state index contributed by atoms with van der Waals surface area (Å²) in [5.41, 5.74) is 0.522. The van der Waals surface area contributed by atoms with Crippen molar-refractivity contribution in [1.82, 2.24) is 0 Å². The van der Waals surface area contributed by atoms with Gasteiger partial charge in [0.2, 0.25) is 0 Å². The van der Waals surface area contributed by atoms with Gasteiger partial charge in [0.15, 0.2) is 0 Å². The lowest BCUT2D eigenvalue weighted by Gasteiger charge is -2.39. The van der Waals surface area contributed by atoms with Gasteiger partial charge < -0.3 is 4.74 Å². The number of rotatable bonds is 2. The van der Waals surface area contributed by atoms with Crippen LogP contribution in [-0.4, -0.2) is 19.0 Å². The quantitative estimate of drug-likeness (QED) is 0.748. The summed E-state index contributed by atoms with van der Waals surface area (Å²) >= 11 is 5.88. The third-order valence-electron chi connectivity index (χ3n) is 2.75. The van der Waals surface area contributed by atoms with Gasteiger partial charge in [0.25, 0.3) is 0 Å². The average Bonchev–Trinajstić information content (AvgIpc) is 2.00. The number of ether oxygens (including phenoxy) is 1. The molecule has 0 amide bonds. The molecule has 1 aliphatic heterocycles. The molecule has 0 bridgehead atoms. The fraction of sp³-hybridized carbons (Fsp3) is 0.364. The second kappa shape index (κ2) is 3.37. The first-order valence-electron chi connectivity index (χ1n) is 4.50. The lowest BCUT2D eigenvalue weighted by Crippen LogP contribution is -2.52. The Labute approximate surface area is 87.8 Å². The van der Waals surface area contributed by atoms with E-state index in [1.165, 1.54) is 0 Å². The smallest absolute Gasteiger partial charge is 0.145 e. The SMILES string of the molecule is CC(=O)C1(c2cccc(Cl)c2)COC1. The molecule has 3 heteroatoms. The van der Waals surface area contributed by atoms with Crippen LogP contribution in [0, 0.1) is 0 Å². The van der Waals surface area contributed by atoms with E-state index in [-0.39, 0.29) is 5.78 Å². The number of carbonyl (C=O) groups excluding carboxylic acids is 1. The van der Waals surface area contributed by atoms with Crippen LogP contribution in [-0.2, 0) is 14.9 Å². The molecule has 1 aromatic carbocycles. The molecule has 0 saturated carbocycles. The maximum absolute atomic E-state index is 11.5. The lowest BCUT2D eigenvalue weighted by atomic mass is 9.75. The molecule has 0 spiro atoms. The van der Waals surface area contributed by atoms with Crippen LogP contribution in [0.4, 0.5) is 0 Å². The van der Waals surface area contributed by atoms with Gasteiger partial charge in [0.05, 0.1) is 13.2 Å². The second-order valence-electron chi connectivity index (χ2n) is 3.64. The summed E-state index contributed by atoms with van der Waals surface area (Å²) in [6, 6.07) is 7.43. The fourth-order valence-corrected chi connectivity index (χ4v) is 1.86. The third kappa shape index (κ3) is 1.35. The van der Waals surface area contributed by atoms with E-state index in [2.05, 4.69) is 0 Å². The van der Waals surface area contributed by atoms with E-state index in [1.807, 2.05) is 18.2 Å². The van der Waals surface area contributed by atoms with Gasteiger partial charge in [-0.1, -0.05) is 23.7 Å². The minimum absolute atomic E-state index is 0.144. The highest BCUT2D eigenvalue weighted by atomic mass is 35.5. The van der Waals surface area contributed by atoms with E-state index < -0.39 is 5.41 Å². The van der Waals surface area contributed by atoms with Gasteiger partial charge >= 0.3 is 0 Å². The largest absolute Gasteiger partial charge is 0.378 e. The van der Waals surface area contributed by atoms with E-state index in [0.717, 1.165) is 5.56 Å². The van der Waals surface area contributed by atoms with Crippen molar-refractivity contribution >= 4 is 17.4 Å². The van der Waals surface area contributed by atoms with Crippen LogP contribution in [0.1, 0.15) is 12.5 Å². The third-order valence-corrected chi connectivity index (χ3v) is 2.98. The highest BCUT2D eigenvalue weighted by Gasteiger charge is 2.44. The minimum atomic E-state index is -0.440. The zero-order valence-electron chi connectivity index (χ0n) is 7.92. The maximum atomic E-state index is 11.5. The molecule has 2 nitrogen and oxygen atoms in total. The number of benzene rings is 1. The first kappa shape index (κ1) is 9.69. The summed E-state index contributed by atoms with van der Waals surface area (Å²) in [5, 5.41) is 0.662. The van der Waals surface area contributed by atoms with E-state index >= 15 is 0 Å². The van der Waals surface area contributed by atoms with Gasteiger partial charge in [-0.2, -0.15) is 0 Å². The van der Waals surface area contributed by atoms with Crippen molar-refractivity contribution in [2.75, 3.05) is 13.2 Å². The van der Waals surface area contributed by atoms with E-state index in [9.17, 15) is 4.79 Å². The van der Waals surface area contributed by atoms with E-state index in [1.54, 1.807) is 13.0 Å². The van der Waals surface area contributed by atoms with Gasteiger partial charge in [-0.3, -0.25) is 4.79 Å². The Morgan fingerprint density at radius 1 is 1.50 bits per heavy atom. The highest BCUT2D eigenvalue weighted by Crippen LogP contribution is 2.34. The van der Waals surface area contributed by atoms with Crippen LogP contribution in [0.2, 0.25) is 5.02 Å². The molecule has 0 unspecified atom stereocenters. The van der Waals surface area contributed by atoms with Crippen LogP contribution in [0.15, 0.2) is 24.3 Å². The maximum Gasteiger partial charge on any atom is 0.145 e. The molecule has 1 aliphatic rings. The Kier molecular flexibility index (Phi) is 2.33. The number of ketones is 1. The summed E-state index contributed by atoms with van der Waals surface area (Å²) in [6.07, 6.45) is 0. The summed E-state index contributed by atoms with van der Waals surface area (Å²) in [7, 11) is 0. The molecule has 1 aromatic rings. The first-order chi connectivity index (χ1) is 6.65. The predicted octanol–water partition coefficient (Wildman–Crippen LogP) is 2.20. The molecule has 0 atom stereocenters. The molecule has 2 rings (SSSR count). The molecule has 1 heterocycles. The van der Waals surface area contributed by atoms with Crippen molar-refractivity contribution in [2.24, 2.45) is 0 Å². The van der Waals surface area contributed by atoms with Gasteiger partial charge in [-0.25, -0.2) is 0 Å². The van der Waals surface area contributed by atoms with Gasteiger partial charge in [0.1, 0.15) is 11.2 Å². The van der Waals surface area contributed by atoms with Crippen LogP contribution < -0.4 is 0 Å².